The zero-order valence-corrected chi connectivity index (χ0v) is 15.7. The van der Waals surface area contributed by atoms with E-state index in [4.69, 9.17) is 0 Å². The number of carbonyl (C=O) groups is 1. The molecule has 0 radical (unpaired) electrons. The molecule has 2 bridgehead atoms. The van der Waals surface area contributed by atoms with Gasteiger partial charge in [-0.05, 0) is 24.2 Å². The predicted octanol–water partition coefficient (Wildman–Crippen LogP) is -1.70. The molecule has 2 saturated carbocycles. The first-order chi connectivity index (χ1) is 7.12. The SMILES string of the molecule is CC12CCC(C(Br)C1=O)C2(C)CS(=O)(=O)[O-].[K+]. The summed E-state index contributed by atoms with van der Waals surface area (Å²) in [5.41, 5.74) is -1.37. The molecule has 4 atom stereocenters. The first-order valence-electron chi connectivity index (χ1n) is 5.24. The maximum Gasteiger partial charge on any atom is 1.00 e. The third-order valence-corrected chi connectivity index (χ3v) is 6.67. The molecule has 92 valence electrons. The van der Waals surface area contributed by atoms with E-state index >= 15 is 0 Å². The summed E-state index contributed by atoms with van der Waals surface area (Å²) in [5.74, 6) is -0.418. The van der Waals surface area contributed by atoms with Crippen LogP contribution in [0.15, 0.2) is 0 Å². The van der Waals surface area contributed by atoms with Gasteiger partial charge in [0.1, 0.15) is 0 Å². The average molecular weight is 349 g/mol. The molecule has 4 unspecified atom stereocenters. The minimum atomic E-state index is -4.30. The third-order valence-electron chi connectivity index (χ3n) is 4.66. The summed E-state index contributed by atoms with van der Waals surface area (Å²) in [6.07, 6.45) is 1.49. The minimum Gasteiger partial charge on any atom is -0.748 e. The molecule has 7 heteroatoms. The molecule has 0 amide bonds. The van der Waals surface area contributed by atoms with Gasteiger partial charge in [0.2, 0.25) is 0 Å². The van der Waals surface area contributed by atoms with Crippen LogP contribution in [0.3, 0.4) is 0 Å². The summed E-state index contributed by atoms with van der Waals surface area (Å²) >= 11 is 3.33. The fraction of sp³-hybridized carbons (Fsp3) is 0.900. The van der Waals surface area contributed by atoms with Crippen LogP contribution in [0, 0.1) is 16.7 Å². The molecule has 0 aliphatic heterocycles. The molecule has 4 nitrogen and oxygen atoms in total. The van der Waals surface area contributed by atoms with Crippen molar-refractivity contribution in [3.63, 3.8) is 0 Å². The fourth-order valence-electron chi connectivity index (χ4n) is 3.45. The zero-order chi connectivity index (χ0) is 12.4. The number of alkyl halides is 1. The minimum absolute atomic E-state index is 0. The van der Waals surface area contributed by atoms with Gasteiger partial charge in [-0.2, -0.15) is 0 Å². The van der Waals surface area contributed by atoms with Crippen molar-refractivity contribution in [3.8, 4) is 0 Å². The number of Topliss-reactive ketones (excluding diaryl/α,β-unsaturated/α-hetero) is 1. The van der Waals surface area contributed by atoms with Gasteiger partial charge in [-0.25, -0.2) is 8.42 Å². The van der Waals surface area contributed by atoms with E-state index in [2.05, 4.69) is 15.9 Å². The summed E-state index contributed by atoms with van der Waals surface area (Å²) in [6.45, 7) is 3.56. The largest absolute Gasteiger partial charge is 1.00 e. The summed E-state index contributed by atoms with van der Waals surface area (Å²) < 4.78 is 33.0. The van der Waals surface area contributed by atoms with E-state index in [1.54, 1.807) is 13.8 Å². The number of fused-ring (bicyclic) bond motifs is 2. The third kappa shape index (κ3) is 2.39. The summed E-state index contributed by atoms with van der Waals surface area (Å²) in [6, 6.07) is 0. The topological polar surface area (TPSA) is 74.3 Å². The van der Waals surface area contributed by atoms with Crippen molar-refractivity contribution < 1.29 is 69.1 Å². The van der Waals surface area contributed by atoms with Crippen molar-refractivity contribution in [1.82, 2.24) is 0 Å². The van der Waals surface area contributed by atoms with Gasteiger partial charge in [-0.15, -0.1) is 0 Å². The van der Waals surface area contributed by atoms with Gasteiger partial charge in [0.15, 0.2) is 5.78 Å². The Hall–Kier alpha value is 1.70. The molecule has 17 heavy (non-hydrogen) atoms. The van der Waals surface area contributed by atoms with Crippen LogP contribution in [-0.2, 0) is 14.9 Å². The monoisotopic (exact) mass is 348 g/mol. The van der Waals surface area contributed by atoms with Crippen LogP contribution in [0.2, 0.25) is 0 Å². The Labute approximate surface area is 153 Å². The van der Waals surface area contributed by atoms with Gasteiger partial charge < -0.3 is 4.55 Å². The average Bonchev–Trinajstić information content (AvgIpc) is 2.40. The molecule has 0 spiro atoms. The van der Waals surface area contributed by atoms with Gasteiger partial charge in [0.05, 0.1) is 14.9 Å². The Bertz CT molecular complexity index is 451. The van der Waals surface area contributed by atoms with Gasteiger partial charge in [-0.1, -0.05) is 29.8 Å². The molecule has 2 aliphatic carbocycles. The predicted molar refractivity (Wildman–Crippen MR) is 61.2 cm³/mol. The zero-order valence-electron chi connectivity index (χ0n) is 10.2. The smallest absolute Gasteiger partial charge is 0.748 e. The maximum absolute atomic E-state index is 12.0. The molecule has 2 rings (SSSR count). The molecule has 2 fully saturated rings. The molecule has 0 N–H and O–H groups in total. The van der Waals surface area contributed by atoms with E-state index < -0.39 is 26.7 Å². The Morgan fingerprint density at radius 2 is 2.00 bits per heavy atom. The first kappa shape index (κ1) is 16.7. The van der Waals surface area contributed by atoms with Crippen molar-refractivity contribution in [1.29, 1.82) is 0 Å². The Morgan fingerprint density at radius 3 is 2.35 bits per heavy atom. The van der Waals surface area contributed by atoms with Crippen molar-refractivity contribution in [3.05, 3.63) is 0 Å². The first-order valence-corrected chi connectivity index (χ1v) is 7.73. The Balaban J connectivity index is 0.00000144. The van der Waals surface area contributed by atoms with Crippen LogP contribution < -0.4 is 51.4 Å². The van der Waals surface area contributed by atoms with E-state index in [0.717, 1.165) is 6.42 Å². The molecule has 0 aromatic carbocycles. The second kappa shape index (κ2) is 4.91. The summed E-state index contributed by atoms with van der Waals surface area (Å²) in [4.78, 5) is 11.8. The number of rotatable bonds is 2. The van der Waals surface area contributed by atoms with Crippen LogP contribution >= 0.6 is 15.9 Å². The van der Waals surface area contributed by atoms with Crippen molar-refractivity contribution in [2.24, 2.45) is 16.7 Å². The number of hydrogen-bond donors (Lipinski definition) is 0. The molecule has 2 aliphatic rings. The van der Waals surface area contributed by atoms with E-state index in [1.807, 2.05) is 0 Å². The summed E-state index contributed by atoms with van der Waals surface area (Å²) in [7, 11) is -4.30. The number of halogens is 1. The van der Waals surface area contributed by atoms with Crippen LogP contribution in [0.1, 0.15) is 26.7 Å². The molecular formula is C10H14BrKO4S. The fourth-order valence-corrected chi connectivity index (χ4v) is 6.07. The number of carbonyl (C=O) groups excluding carboxylic acids is 1. The molecular weight excluding hydrogens is 335 g/mol. The van der Waals surface area contributed by atoms with Crippen LogP contribution in [0.4, 0.5) is 0 Å². The van der Waals surface area contributed by atoms with Crippen LogP contribution in [0.25, 0.3) is 0 Å². The molecule has 0 saturated heterocycles. The normalized spacial score (nSPS) is 44.8. The standard InChI is InChI=1S/C10H15BrO4S.K/c1-9-4-3-6(7(11)8(9)12)10(9,2)5-16(13,14)15;/h6-7H,3-5H2,1-2H3,(H,13,14,15);/q;+1/p-1. The van der Waals surface area contributed by atoms with E-state index in [0.29, 0.717) is 6.42 Å². The Kier molecular flexibility index (Phi) is 4.84. The van der Waals surface area contributed by atoms with Gasteiger partial charge in [0, 0.05) is 11.2 Å². The second-order valence-corrected chi connectivity index (χ2v) is 7.75. The molecule has 0 aromatic rings. The van der Waals surface area contributed by atoms with Gasteiger partial charge in [-0.3, -0.25) is 4.79 Å². The van der Waals surface area contributed by atoms with Crippen LogP contribution in [0.5, 0.6) is 0 Å². The van der Waals surface area contributed by atoms with E-state index in [9.17, 15) is 17.8 Å². The number of hydrogen-bond acceptors (Lipinski definition) is 4. The molecule has 0 heterocycles. The summed E-state index contributed by atoms with van der Waals surface area (Å²) in [5, 5.41) is 0. The van der Waals surface area contributed by atoms with Crippen molar-refractivity contribution in [2.45, 2.75) is 31.5 Å². The maximum atomic E-state index is 12.0. The quantitative estimate of drug-likeness (QED) is 0.339. The van der Waals surface area contributed by atoms with Crippen molar-refractivity contribution >= 4 is 31.8 Å². The van der Waals surface area contributed by atoms with E-state index in [-0.39, 0.29) is 67.9 Å². The van der Waals surface area contributed by atoms with Gasteiger partial charge >= 0.3 is 51.4 Å². The Morgan fingerprint density at radius 1 is 1.47 bits per heavy atom. The van der Waals surface area contributed by atoms with Crippen LogP contribution in [-0.4, -0.2) is 29.3 Å². The van der Waals surface area contributed by atoms with E-state index in [1.165, 1.54) is 0 Å². The number of ketones is 1. The second-order valence-electron chi connectivity index (χ2n) is 5.36. The molecule has 0 aromatic heterocycles. The van der Waals surface area contributed by atoms with Gasteiger partial charge in [0.25, 0.3) is 0 Å². The van der Waals surface area contributed by atoms with Crippen molar-refractivity contribution in [2.75, 3.05) is 5.75 Å².